The fourth-order valence-electron chi connectivity index (χ4n) is 3.10. The highest BCUT2D eigenvalue weighted by molar-refractivity contribution is 5.72. The minimum Gasteiger partial charge on any atom is -0.504 e. The highest BCUT2D eigenvalue weighted by Gasteiger charge is 2.31. The molecule has 0 fully saturated rings. The van der Waals surface area contributed by atoms with Crippen molar-refractivity contribution < 1.29 is 20.4 Å². The summed E-state index contributed by atoms with van der Waals surface area (Å²) in [5.41, 5.74) is 3.57. The number of aromatic hydroxyl groups is 4. The molecule has 0 amide bonds. The number of phenolic OH excluding ortho intramolecular Hbond substituents is 4. The van der Waals surface area contributed by atoms with Crippen molar-refractivity contribution in [2.75, 3.05) is 16.5 Å². The van der Waals surface area contributed by atoms with Gasteiger partial charge in [0.05, 0.1) is 6.67 Å². The van der Waals surface area contributed by atoms with Crippen molar-refractivity contribution >= 4 is 11.4 Å². The molecule has 0 saturated heterocycles. The summed E-state index contributed by atoms with van der Waals surface area (Å²) in [6, 6.07) is 6.25. The molecular weight excluding hydrogens is 272 g/mol. The van der Waals surface area contributed by atoms with Gasteiger partial charge in [-0.3, -0.25) is 0 Å². The average Bonchev–Trinajstić information content (AvgIpc) is 2.44. The van der Waals surface area contributed by atoms with Gasteiger partial charge < -0.3 is 30.2 Å². The van der Waals surface area contributed by atoms with Gasteiger partial charge in [-0.1, -0.05) is 0 Å². The third-order valence-electron chi connectivity index (χ3n) is 4.10. The molecule has 2 aromatic rings. The molecule has 0 aromatic heterocycles. The van der Waals surface area contributed by atoms with Gasteiger partial charge in [-0.05, 0) is 23.3 Å². The Bertz CT molecular complexity index is 696. The van der Waals surface area contributed by atoms with Gasteiger partial charge in [0.1, 0.15) is 0 Å². The number of benzene rings is 2. The molecule has 2 aliphatic heterocycles. The highest BCUT2D eigenvalue weighted by Crippen LogP contribution is 2.44. The van der Waals surface area contributed by atoms with Gasteiger partial charge in [-0.15, -0.1) is 0 Å². The summed E-state index contributed by atoms with van der Waals surface area (Å²) in [5.74, 6) is -0.544. The lowest BCUT2D eigenvalue weighted by Gasteiger charge is -2.44. The summed E-state index contributed by atoms with van der Waals surface area (Å²) in [7, 11) is 0. The molecule has 108 valence electrons. The fraction of sp³-hybridized carbons (Fsp3) is 0.200. The summed E-state index contributed by atoms with van der Waals surface area (Å²) >= 11 is 0. The Morgan fingerprint density at radius 3 is 1.43 bits per heavy atom. The molecule has 0 spiro atoms. The minimum absolute atomic E-state index is 0.134. The van der Waals surface area contributed by atoms with Crippen LogP contribution >= 0.6 is 0 Å². The quantitative estimate of drug-likeness (QED) is 0.552. The van der Waals surface area contributed by atoms with Crippen molar-refractivity contribution in [1.29, 1.82) is 0 Å². The third kappa shape index (κ3) is 1.65. The number of phenols is 4. The first-order valence-electron chi connectivity index (χ1n) is 6.62. The van der Waals surface area contributed by atoms with Crippen molar-refractivity contribution in [3.63, 3.8) is 0 Å². The number of hydrogen-bond acceptors (Lipinski definition) is 6. The number of rotatable bonds is 0. The molecule has 0 radical (unpaired) electrons. The zero-order valence-electron chi connectivity index (χ0n) is 11.1. The SMILES string of the molecule is Oc1cc2c(cc1O)N1Cc3cc(O)c(O)cc3N(C2)C1. The molecule has 0 aliphatic carbocycles. The maximum absolute atomic E-state index is 9.68. The van der Waals surface area contributed by atoms with Gasteiger partial charge in [0.15, 0.2) is 23.0 Å². The molecule has 4 N–H and O–H groups in total. The Balaban J connectivity index is 1.84. The van der Waals surface area contributed by atoms with Crippen molar-refractivity contribution in [2.24, 2.45) is 0 Å². The van der Waals surface area contributed by atoms with E-state index < -0.39 is 0 Å². The monoisotopic (exact) mass is 286 g/mol. The molecule has 2 aromatic carbocycles. The lowest BCUT2D eigenvalue weighted by molar-refractivity contribution is 0.401. The number of hydrogen-bond donors (Lipinski definition) is 4. The standard InChI is InChI=1S/C15H14N2O4/c18-12-1-8-5-16-7-17(10(8)3-14(12)20)6-9-2-13(19)15(21)4-11(9)16/h1-4,18-21H,5-7H2. The van der Waals surface area contributed by atoms with Gasteiger partial charge in [0.2, 0.25) is 0 Å². The van der Waals surface area contributed by atoms with E-state index >= 15 is 0 Å². The van der Waals surface area contributed by atoms with E-state index in [0.29, 0.717) is 19.8 Å². The highest BCUT2D eigenvalue weighted by atomic mass is 16.3. The zero-order chi connectivity index (χ0) is 14.7. The van der Waals surface area contributed by atoms with E-state index in [1.54, 1.807) is 24.3 Å². The predicted octanol–water partition coefficient (Wildman–Crippen LogP) is 1.81. The van der Waals surface area contributed by atoms with E-state index in [1.807, 2.05) is 0 Å². The third-order valence-corrected chi connectivity index (χ3v) is 4.10. The lowest BCUT2D eigenvalue weighted by atomic mass is 10.0. The van der Waals surface area contributed by atoms with Crippen molar-refractivity contribution in [1.82, 2.24) is 0 Å². The number of nitrogens with zero attached hydrogens (tertiary/aromatic N) is 2. The Morgan fingerprint density at radius 2 is 1.00 bits per heavy atom. The smallest absolute Gasteiger partial charge is 0.159 e. The van der Waals surface area contributed by atoms with E-state index in [2.05, 4.69) is 9.80 Å². The molecular formula is C15H14N2O4. The van der Waals surface area contributed by atoms with Crippen LogP contribution in [0.3, 0.4) is 0 Å². The Labute approximate surface area is 120 Å². The molecule has 0 unspecified atom stereocenters. The van der Waals surface area contributed by atoms with Crippen molar-refractivity contribution in [3.05, 3.63) is 35.4 Å². The summed E-state index contributed by atoms with van der Waals surface area (Å²) in [6.45, 7) is 1.77. The van der Waals surface area contributed by atoms with E-state index in [4.69, 9.17) is 0 Å². The fourth-order valence-corrected chi connectivity index (χ4v) is 3.10. The molecule has 0 saturated carbocycles. The summed E-state index contributed by atoms with van der Waals surface area (Å²) in [4.78, 5) is 4.10. The first kappa shape index (κ1) is 12.0. The Hall–Kier alpha value is -2.76. The van der Waals surface area contributed by atoms with Crippen LogP contribution in [-0.2, 0) is 13.1 Å². The normalized spacial score (nSPS) is 15.6. The van der Waals surface area contributed by atoms with Gasteiger partial charge >= 0.3 is 0 Å². The summed E-state index contributed by atoms with van der Waals surface area (Å²) < 4.78 is 0. The van der Waals surface area contributed by atoms with Gasteiger partial charge in [0, 0.05) is 36.6 Å². The molecule has 21 heavy (non-hydrogen) atoms. The molecule has 4 rings (SSSR count). The number of fused-ring (bicyclic) bond motifs is 6. The van der Waals surface area contributed by atoms with Crippen LogP contribution in [0.4, 0.5) is 11.4 Å². The van der Waals surface area contributed by atoms with E-state index in [-0.39, 0.29) is 23.0 Å². The van der Waals surface area contributed by atoms with Crippen LogP contribution < -0.4 is 9.80 Å². The predicted molar refractivity (Wildman–Crippen MR) is 76.8 cm³/mol. The largest absolute Gasteiger partial charge is 0.504 e. The van der Waals surface area contributed by atoms with E-state index in [9.17, 15) is 20.4 Å². The zero-order valence-corrected chi connectivity index (χ0v) is 11.1. The number of anilines is 2. The second-order valence-electron chi connectivity index (χ2n) is 5.48. The van der Waals surface area contributed by atoms with Crippen LogP contribution in [0, 0.1) is 0 Å². The van der Waals surface area contributed by atoms with Crippen LogP contribution in [0.15, 0.2) is 24.3 Å². The molecule has 2 heterocycles. The maximum Gasteiger partial charge on any atom is 0.159 e. The molecule has 6 nitrogen and oxygen atoms in total. The summed E-state index contributed by atoms with van der Waals surface area (Å²) in [6.07, 6.45) is 0. The summed E-state index contributed by atoms with van der Waals surface area (Å²) in [5, 5.41) is 38.7. The van der Waals surface area contributed by atoms with E-state index in [1.165, 1.54) is 0 Å². The Morgan fingerprint density at radius 1 is 0.619 bits per heavy atom. The average molecular weight is 286 g/mol. The molecule has 0 atom stereocenters. The molecule has 6 heteroatoms. The van der Waals surface area contributed by atoms with Crippen LogP contribution in [0.2, 0.25) is 0 Å². The van der Waals surface area contributed by atoms with Crippen molar-refractivity contribution in [2.45, 2.75) is 13.1 Å². The van der Waals surface area contributed by atoms with Crippen LogP contribution in [0.5, 0.6) is 23.0 Å². The molecule has 2 aliphatic rings. The van der Waals surface area contributed by atoms with Crippen LogP contribution in [0.25, 0.3) is 0 Å². The van der Waals surface area contributed by atoms with E-state index in [0.717, 1.165) is 22.5 Å². The topological polar surface area (TPSA) is 87.4 Å². The van der Waals surface area contributed by atoms with Crippen LogP contribution in [-0.4, -0.2) is 27.1 Å². The van der Waals surface area contributed by atoms with Crippen LogP contribution in [0.1, 0.15) is 11.1 Å². The van der Waals surface area contributed by atoms with Gasteiger partial charge in [0.25, 0.3) is 0 Å². The maximum atomic E-state index is 9.68. The first-order valence-corrected chi connectivity index (χ1v) is 6.62. The van der Waals surface area contributed by atoms with Gasteiger partial charge in [-0.25, -0.2) is 0 Å². The second kappa shape index (κ2) is 3.88. The van der Waals surface area contributed by atoms with Gasteiger partial charge in [-0.2, -0.15) is 0 Å². The van der Waals surface area contributed by atoms with Crippen molar-refractivity contribution in [3.8, 4) is 23.0 Å². The minimum atomic E-state index is -0.137. The second-order valence-corrected chi connectivity index (χ2v) is 5.48. The Kier molecular flexibility index (Phi) is 2.22. The molecule has 2 bridgehead atoms. The first-order chi connectivity index (χ1) is 10.0. The lowest BCUT2D eigenvalue weighted by Crippen LogP contribution is -2.46.